The average Bonchev–Trinajstić information content (AvgIpc) is 3.66. The maximum Gasteiger partial charge on any atom is 0.161 e. The summed E-state index contributed by atoms with van der Waals surface area (Å²) in [7, 11) is 0. The van der Waals surface area contributed by atoms with Gasteiger partial charge in [-0.15, -0.1) is 0 Å². The fourth-order valence-electron chi connectivity index (χ4n) is 6.32. The molecule has 3 nitrogen and oxygen atoms in total. The summed E-state index contributed by atoms with van der Waals surface area (Å²) in [5.74, 6) is 0. The molecule has 0 aliphatic heterocycles. The maximum atomic E-state index is 6.73. The number of fused-ring (bicyclic) bond motifs is 10. The van der Waals surface area contributed by atoms with Gasteiger partial charge in [-0.25, -0.2) is 0 Å². The number of furan rings is 2. The van der Waals surface area contributed by atoms with Gasteiger partial charge >= 0.3 is 0 Å². The molecule has 6 aromatic carbocycles. The lowest BCUT2D eigenvalue weighted by atomic mass is 9.98. The topological polar surface area (TPSA) is 31.2 Å². The first-order valence-corrected chi connectivity index (χ1v) is 13.2. The van der Waals surface area contributed by atoms with Crippen LogP contribution in [0.15, 0.2) is 136 Å². The van der Waals surface area contributed by atoms with Crippen molar-refractivity contribution in [3.05, 3.63) is 127 Å². The SMILES string of the molecule is c1ccc(-n2c3ccccc3c3oc4cccc(-c5cccc6c5oc5c7ccccc7ccc65)c4c32)cc1. The molecule has 0 atom stereocenters. The fourth-order valence-corrected chi connectivity index (χ4v) is 6.32. The molecule has 0 aliphatic carbocycles. The Bertz CT molecular complexity index is 2390. The van der Waals surface area contributed by atoms with Crippen molar-refractivity contribution >= 4 is 65.7 Å². The average molecular weight is 500 g/mol. The molecule has 0 saturated carbocycles. The lowest BCUT2D eigenvalue weighted by Gasteiger charge is -2.09. The van der Waals surface area contributed by atoms with Crippen LogP contribution in [0.1, 0.15) is 0 Å². The van der Waals surface area contributed by atoms with E-state index in [0.717, 1.165) is 77.1 Å². The van der Waals surface area contributed by atoms with Crippen molar-refractivity contribution in [3.8, 4) is 16.8 Å². The van der Waals surface area contributed by atoms with Crippen molar-refractivity contribution in [2.45, 2.75) is 0 Å². The van der Waals surface area contributed by atoms with Gasteiger partial charge in [0, 0.05) is 32.8 Å². The van der Waals surface area contributed by atoms with E-state index in [4.69, 9.17) is 8.83 Å². The van der Waals surface area contributed by atoms with E-state index in [0.29, 0.717) is 0 Å². The van der Waals surface area contributed by atoms with E-state index >= 15 is 0 Å². The summed E-state index contributed by atoms with van der Waals surface area (Å²) in [4.78, 5) is 0. The zero-order valence-corrected chi connectivity index (χ0v) is 20.9. The first kappa shape index (κ1) is 20.7. The van der Waals surface area contributed by atoms with Crippen LogP contribution in [-0.2, 0) is 0 Å². The molecule has 9 aromatic rings. The van der Waals surface area contributed by atoms with Crippen LogP contribution < -0.4 is 0 Å². The number of rotatable bonds is 2. The summed E-state index contributed by atoms with van der Waals surface area (Å²) >= 11 is 0. The molecule has 0 spiro atoms. The van der Waals surface area contributed by atoms with Gasteiger partial charge in [-0.1, -0.05) is 91.0 Å². The van der Waals surface area contributed by atoms with E-state index in [2.05, 4.69) is 132 Å². The largest absolute Gasteiger partial charge is 0.455 e. The Morgan fingerprint density at radius 3 is 2.08 bits per heavy atom. The minimum Gasteiger partial charge on any atom is -0.455 e. The Balaban J connectivity index is 1.44. The molecule has 0 bridgehead atoms. The molecule has 39 heavy (non-hydrogen) atoms. The van der Waals surface area contributed by atoms with Crippen LogP contribution in [0.5, 0.6) is 0 Å². The lowest BCUT2D eigenvalue weighted by molar-refractivity contribution is 0.672. The Hall–Kier alpha value is -5.28. The first-order chi connectivity index (χ1) is 19.4. The number of hydrogen-bond acceptors (Lipinski definition) is 2. The van der Waals surface area contributed by atoms with Crippen LogP contribution in [0.4, 0.5) is 0 Å². The summed E-state index contributed by atoms with van der Waals surface area (Å²) in [5.41, 5.74) is 9.06. The highest BCUT2D eigenvalue weighted by molar-refractivity contribution is 6.23. The quantitative estimate of drug-likeness (QED) is 0.237. The van der Waals surface area contributed by atoms with Crippen LogP contribution in [0.25, 0.3) is 82.5 Å². The minimum atomic E-state index is 0.867. The Morgan fingerprint density at radius 2 is 1.15 bits per heavy atom. The number of hydrogen-bond donors (Lipinski definition) is 0. The second kappa shape index (κ2) is 7.62. The predicted molar refractivity (Wildman–Crippen MR) is 161 cm³/mol. The molecule has 3 heterocycles. The molecule has 0 fully saturated rings. The van der Waals surface area contributed by atoms with Gasteiger partial charge in [-0.05, 0) is 47.3 Å². The number of aromatic nitrogens is 1. The Kier molecular flexibility index (Phi) is 4.05. The summed E-state index contributed by atoms with van der Waals surface area (Å²) in [6, 6.07) is 44.5. The highest BCUT2D eigenvalue weighted by atomic mass is 16.3. The second-order valence-electron chi connectivity index (χ2n) is 10.1. The minimum absolute atomic E-state index is 0.867. The van der Waals surface area contributed by atoms with Gasteiger partial charge in [0.05, 0.1) is 10.9 Å². The van der Waals surface area contributed by atoms with E-state index < -0.39 is 0 Å². The molecule has 0 saturated heterocycles. The van der Waals surface area contributed by atoms with Crippen molar-refractivity contribution in [1.29, 1.82) is 0 Å². The third-order valence-corrected chi connectivity index (χ3v) is 8.00. The van der Waals surface area contributed by atoms with Gasteiger partial charge in [-0.2, -0.15) is 0 Å². The van der Waals surface area contributed by atoms with E-state index in [-0.39, 0.29) is 0 Å². The highest BCUT2D eigenvalue weighted by Crippen LogP contribution is 2.45. The molecule has 0 amide bonds. The summed E-state index contributed by atoms with van der Waals surface area (Å²) in [6.07, 6.45) is 0. The van der Waals surface area contributed by atoms with Crippen LogP contribution >= 0.6 is 0 Å². The van der Waals surface area contributed by atoms with E-state index in [1.165, 1.54) is 5.39 Å². The van der Waals surface area contributed by atoms with E-state index in [9.17, 15) is 0 Å². The lowest BCUT2D eigenvalue weighted by Crippen LogP contribution is -1.93. The van der Waals surface area contributed by atoms with Crippen molar-refractivity contribution in [1.82, 2.24) is 4.57 Å². The van der Waals surface area contributed by atoms with Crippen molar-refractivity contribution in [2.24, 2.45) is 0 Å². The number of benzene rings is 6. The van der Waals surface area contributed by atoms with Gasteiger partial charge in [0.15, 0.2) is 5.58 Å². The van der Waals surface area contributed by atoms with Crippen molar-refractivity contribution < 1.29 is 8.83 Å². The summed E-state index contributed by atoms with van der Waals surface area (Å²) in [6.45, 7) is 0. The van der Waals surface area contributed by atoms with E-state index in [1.807, 2.05) is 0 Å². The van der Waals surface area contributed by atoms with Gasteiger partial charge < -0.3 is 13.4 Å². The molecule has 0 radical (unpaired) electrons. The smallest absolute Gasteiger partial charge is 0.161 e. The van der Waals surface area contributed by atoms with Gasteiger partial charge in [0.1, 0.15) is 22.3 Å². The molecule has 9 rings (SSSR count). The van der Waals surface area contributed by atoms with Gasteiger partial charge in [0.2, 0.25) is 0 Å². The van der Waals surface area contributed by atoms with Crippen LogP contribution in [0, 0.1) is 0 Å². The van der Waals surface area contributed by atoms with E-state index in [1.54, 1.807) is 0 Å². The zero-order valence-electron chi connectivity index (χ0n) is 20.9. The van der Waals surface area contributed by atoms with Crippen molar-refractivity contribution in [2.75, 3.05) is 0 Å². The summed E-state index contributed by atoms with van der Waals surface area (Å²) in [5, 5.41) is 6.75. The van der Waals surface area contributed by atoms with Gasteiger partial charge in [-0.3, -0.25) is 0 Å². The molecule has 0 aliphatic rings. The number of nitrogens with zero attached hydrogens (tertiary/aromatic N) is 1. The zero-order chi connectivity index (χ0) is 25.5. The highest BCUT2D eigenvalue weighted by Gasteiger charge is 2.23. The van der Waals surface area contributed by atoms with Crippen LogP contribution in [0.3, 0.4) is 0 Å². The van der Waals surface area contributed by atoms with Crippen LogP contribution in [-0.4, -0.2) is 4.57 Å². The molecule has 0 unspecified atom stereocenters. The third kappa shape index (κ3) is 2.76. The fraction of sp³-hybridized carbons (Fsp3) is 0. The maximum absolute atomic E-state index is 6.73. The molecule has 3 heteroatoms. The third-order valence-electron chi connectivity index (χ3n) is 8.00. The second-order valence-corrected chi connectivity index (χ2v) is 10.1. The molecular weight excluding hydrogens is 478 g/mol. The molecule has 3 aromatic heterocycles. The predicted octanol–water partition coefficient (Wildman–Crippen LogP) is 10.2. The Morgan fingerprint density at radius 1 is 0.436 bits per heavy atom. The molecular formula is C36H21NO2. The van der Waals surface area contributed by atoms with Gasteiger partial charge in [0.25, 0.3) is 0 Å². The first-order valence-electron chi connectivity index (χ1n) is 13.2. The number of para-hydroxylation sites is 3. The Labute approximate surface area is 223 Å². The monoisotopic (exact) mass is 499 g/mol. The molecule has 182 valence electrons. The van der Waals surface area contributed by atoms with Crippen molar-refractivity contribution in [3.63, 3.8) is 0 Å². The van der Waals surface area contributed by atoms with Crippen LogP contribution in [0.2, 0.25) is 0 Å². The molecule has 0 N–H and O–H groups in total. The summed E-state index contributed by atoms with van der Waals surface area (Å²) < 4.78 is 15.7. The normalized spacial score (nSPS) is 12.1. The standard InChI is InChI=1S/C36H21NO2/c1-2-11-23(12-3-1)37-30-18-7-6-14-29(30)36-33(37)32-25(15-9-19-31(32)38-36)26-16-8-17-27-28-21-20-22-10-4-5-13-24(22)34(28)39-35(26)27/h1-21H.